The highest BCUT2D eigenvalue weighted by Gasteiger charge is 2.12. The maximum atomic E-state index is 9.46. The van der Waals surface area contributed by atoms with E-state index >= 15 is 0 Å². The van der Waals surface area contributed by atoms with Crippen molar-refractivity contribution in [1.82, 2.24) is 0 Å². The minimum atomic E-state index is -0.544. The van der Waals surface area contributed by atoms with E-state index in [4.69, 9.17) is 4.42 Å². The number of rotatable bonds is 2. The van der Waals surface area contributed by atoms with Gasteiger partial charge in [0, 0.05) is 5.39 Å². The summed E-state index contributed by atoms with van der Waals surface area (Å²) >= 11 is 0. The lowest BCUT2D eigenvalue weighted by Gasteiger charge is -2.05. The molecular formula is C13H16O2. The van der Waals surface area contributed by atoms with Crippen LogP contribution >= 0.6 is 0 Å². The van der Waals surface area contributed by atoms with Crippen molar-refractivity contribution in [1.29, 1.82) is 0 Å². The highest BCUT2D eigenvalue weighted by atomic mass is 16.4. The number of hydrogen-bond donors (Lipinski definition) is 1. The average molecular weight is 204 g/mol. The largest absolute Gasteiger partial charge is 0.458 e. The molecule has 0 spiro atoms. The van der Waals surface area contributed by atoms with Gasteiger partial charge in [0.05, 0.1) is 0 Å². The van der Waals surface area contributed by atoms with Crippen LogP contribution in [0, 0.1) is 0 Å². The Morgan fingerprint density at radius 1 is 1.20 bits per heavy atom. The molecule has 0 saturated carbocycles. The van der Waals surface area contributed by atoms with Crippen LogP contribution in [0.2, 0.25) is 0 Å². The van der Waals surface area contributed by atoms with Gasteiger partial charge in [0.1, 0.15) is 17.4 Å². The highest BCUT2D eigenvalue weighted by molar-refractivity contribution is 5.81. The Hall–Kier alpha value is -1.28. The second kappa shape index (κ2) is 3.70. The molecule has 1 atom stereocenters. The molecule has 15 heavy (non-hydrogen) atoms. The SMILES string of the molecule is CC(C)c1cccc2cc(C(C)O)oc12. The summed E-state index contributed by atoms with van der Waals surface area (Å²) in [5, 5.41) is 10.5. The third-order valence-corrected chi connectivity index (χ3v) is 2.63. The van der Waals surface area contributed by atoms with Crippen LogP contribution in [0.15, 0.2) is 28.7 Å². The van der Waals surface area contributed by atoms with Crippen molar-refractivity contribution in [2.75, 3.05) is 0 Å². The van der Waals surface area contributed by atoms with E-state index in [1.54, 1.807) is 6.92 Å². The summed E-state index contributed by atoms with van der Waals surface area (Å²) in [6.07, 6.45) is -0.544. The van der Waals surface area contributed by atoms with Crippen LogP contribution in [0.4, 0.5) is 0 Å². The fourth-order valence-electron chi connectivity index (χ4n) is 1.77. The molecule has 0 fully saturated rings. The molecule has 2 aromatic rings. The predicted molar refractivity (Wildman–Crippen MR) is 60.9 cm³/mol. The van der Waals surface area contributed by atoms with E-state index in [0.717, 1.165) is 11.0 Å². The van der Waals surface area contributed by atoms with E-state index < -0.39 is 6.10 Å². The molecule has 2 rings (SSSR count). The Morgan fingerprint density at radius 3 is 2.53 bits per heavy atom. The van der Waals surface area contributed by atoms with Crippen molar-refractivity contribution in [2.24, 2.45) is 0 Å². The molecule has 80 valence electrons. The molecule has 0 saturated heterocycles. The molecule has 0 aliphatic heterocycles. The molecule has 1 aromatic heterocycles. The van der Waals surface area contributed by atoms with Crippen molar-refractivity contribution in [3.63, 3.8) is 0 Å². The van der Waals surface area contributed by atoms with Gasteiger partial charge in [-0.05, 0) is 24.5 Å². The summed E-state index contributed by atoms with van der Waals surface area (Å²) < 4.78 is 5.67. The van der Waals surface area contributed by atoms with Gasteiger partial charge in [0.15, 0.2) is 0 Å². The van der Waals surface area contributed by atoms with Crippen LogP contribution in [0.5, 0.6) is 0 Å². The fourth-order valence-corrected chi connectivity index (χ4v) is 1.77. The van der Waals surface area contributed by atoms with Crippen LogP contribution in [0.3, 0.4) is 0 Å². The minimum Gasteiger partial charge on any atom is -0.458 e. The molecule has 0 bridgehead atoms. The van der Waals surface area contributed by atoms with Crippen LogP contribution in [-0.2, 0) is 0 Å². The van der Waals surface area contributed by atoms with Crippen LogP contribution in [-0.4, -0.2) is 5.11 Å². The third kappa shape index (κ3) is 1.77. The standard InChI is InChI=1S/C13H16O2/c1-8(2)11-6-4-5-10-7-12(9(3)14)15-13(10)11/h4-9,14H,1-3H3. The summed E-state index contributed by atoms with van der Waals surface area (Å²) in [6.45, 7) is 5.99. The molecule has 1 N–H and O–H groups in total. The zero-order chi connectivity index (χ0) is 11.0. The zero-order valence-electron chi connectivity index (χ0n) is 9.32. The van der Waals surface area contributed by atoms with E-state index in [-0.39, 0.29) is 0 Å². The minimum absolute atomic E-state index is 0.432. The molecule has 0 aliphatic rings. The maximum absolute atomic E-state index is 9.46. The van der Waals surface area contributed by atoms with Gasteiger partial charge in [-0.15, -0.1) is 0 Å². The Kier molecular flexibility index (Phi) is 2.53. The van der Waals surface area contributed by atoms with Crippen molar-refractivity contribution >= 4 is 11.0 Å². The second-order valence-electron chi connectivity index (χ2n) is 4.25. The Balaban J connectivity index is 2.64. The van der Waals surface area contributed by atoms with Gasteiger partial charge in [0.2, 0.25) is 0 Å². The van der Waals surface area contributed by atoms with Gasteiger partial charge in [0.25, 0.3) is 0 Å². The van der Waals surface area contributed by atoms with Crippen LogP contribution in [0.25, 0.3) is 11.0 Å². The first kappa shape index (κ1) is 10.2. The molecular weight excluding hydrogens is 188 g/mol. The lowest BCUT2D eigenvalue weighted by molar-refractivity contribution is 0.172. The van der Waals surface area contributed by atoms with Crippen LogP contribution < -0.4 is 0 Å². The number of benzene rings is 1. The molecule has 1 heterocycles. The number of furan rings is 1. The monoisotopic (exact) mass is 204 g/mol. The van der Waals surface area contributed by atoms with E-state index in [1.807, 2.05) is 18.2 Å². The van der Waals surface area contributed by atoms with Crippen LogP contribution in [0.1, 0.15) is 44.1 Å². The molecule has 1 unspecified atom stereocenters. The average Bonchev–Trinajstić information content (AvgIpc) is 2.60. The second-order valence-corrected chi connectivity index (χ2v) is 4.25. The topological polar surface area (TPSA) is 33.4 Å². The Labute approximate surface area is 89.5 Å². The van der Waals surface area contributed by atoms with E-state index in [0.29, 0.717) is 11.7 Å². The summed E-state index contributed by atoms with van der Waals surface area (Å²) in [5.41, 5.74) is 2.10. The summed E-state index contributed by atoms with van der Waals surface area (Å²) in [5.74, 6) is 1.07. The molecule has 2 nitrogen and oxygen atoms in total. The number of para-hydroxylation sites is 1. The third-order valence-electron chi connectivity index (χ3n) is 2.63. The summed E-state index contributed by atoms with van der Waals surface area (Å²) in [7, 11) is 0. The maximum Gasteiger partial charge on any atom is 0.137 e. The Bertz CT molecular complexity index is 466. The first-order valence-corrected chi connectivity index (χ1v) is 5.30. The highest BCUT2D eigenvalue weighted by Crippen LogP contribution is 2.30. The molecule has 0 aliphatic carbocycles. The van der Waals surface area contributed by atoms with Gasteiger partial charge < -0.3 is 9.52 Å². The van der Waals surface area contributed by atoms with Gasteiger partial charge in [-0.1, -0.05) is 32.0 Å². The summed E-state index contributed by atoms with van der Waals surface area (Å²) in [6, 6.07) is 8.02. The molecule has 0 amide bonds. The van der Waals surface area contributed by atoms with E-state index in [1.165, 1.54) is 5.56 Å². The molecule has 1 aromatic carbocycles. The lowest BCUT2D eigenvalue weighted by Crippen LogP contribution is -1.87. The normalized spacial score (nSPS) is 13.7. The summed E-state index contributed by atoms with van der Waals surface area (Å²) in [4.78, 5) is 0. The molecule has 0 radical (unpaired) electrons. The van der Waals surface area contributed by atoms with E-state index in [2.05, 4.69) is 19.9 Å². The smallest absolute Gasteiger partial charge is 0.137 e. The fraction of sp³-hybridized carbons (Fsp3) is 0.385. The first-order chi connectivity index (χ1) is 7.09. The Morgan fingerprint density at radius 2 is 1.93 bits per heavy atom. The zero-order valence-corrected chi connectivity index (χ0v) is 9.32. The van der Waals surface area contributed by atoms with Crippen molar-refractivity contribution in [3.05, 3.63) is 35.6 Å². The number of hydrogen-bond acceptors (Lipinski definition) is 2. The number of aliphatic hydroxyl groups excluding tert-OH is 1. The van der Waals surface area contributed by atoms with Gasteiger partial charge >= 0.3 is 0 Å². The van der Waals surface area contributed by atoms with E-state index in [9.17, 15) is 5.11 Å². The lowest BCUT2D eigenvalue weighted by atomic mass is 10.0. The van der Waals surface area contributed by atoms with Crippen molar-refractivity contribution in [3.8, 4) is 0 Å². The first-order valence-electron chi connectivity index (χ1n) is 5.30. The van der Waals surface area contributed by atoms with Crippen molar-refractivity contribution < 1.29 is 9.52 Å². The predicted octanol–water partition coefficient (Wildman–Crippen LogP) is 3.61. The quantitative estimate of drug-likeness (QED) is 0.810. The van der Waals surface area contributed by atoms with Crippen molar-refractivity contribution in [2.45, 2.75) is 32.8 Å². The number of fused-ring (bicyclic) bond motifs is 1. The number of aliphatic hydroxyl groups is 1. The van der Waals surface area contributed by atoms with Gasteiger partial charge in [-0.3, -0.25) is 0 Å². The van der Waals surface area contributed by atoms with Gasteiger partial charge in [-0.2, -0.15) is 0 Å². The molecule has 2 heteroatoms. The van der Waals surface area contributed by atoms with Gasteiger partial charge in [-0.25, -0.2) is 0 Å².